The summed E-state index contributed by atoms with van der Waals surface area (Å²) in [6.45, 7) is 8.99. The van der Waals surface area contributed by atoms with Crippen LogP contribution in [0.15, 0.2) is 140 Å². The predicted octanol–water partition coefficient (Wildman–Crippen LogP) is 9.69. The molecule has 3 heterocycles. The SMILES string of the molecule is CC=CC(=CC)c1cccc(-c2nc(-c3ccc4c(c3)c3ccccc3n4-c3ccccc3)c3c(n2)[Si](C)(C)c2ccccc2-3)c1. The molecule has 0 spiro atoms. The summed E-state index contributed by atoms with van der Waals surface area (Å²) >= 11 is 0. The number of aromatic nitrogens is 3. The number of benzene rings is 5. The third kappa shape index (κ3) is 4.32. The number of nitrogens with zero attached hydrogens (tertiary/aromatic N) is 3. The summed E-state index contributed by atoms with van der Waals surface area (Å²) in [5, 5.41) is 5.10. The summed E-state index contributed by atoms with van der Waals surface area (Å²) in [6.07, 6.45) is 6.39. The first kappa shape index (κ1) is 28.2. The highest BCUT2D eigenvalue weighted by Crippen LogP contribution is 2.39. The van der Waals surface area contributed by atoms with E-state index in [-0.39, 0.29) is 0 Å². The van der Waals surface area contributed by atoms with Gasteiger partial charge in [-0.15, -0.1) is 0 Å². The molecule has 0 N–H and O–H groups in total. The molecule has 8 rings (SSSR count). The first-order chi connectivity index (χ1) is 22.5. The third-order valence-corrected chi connectivity index (χ3v) is 12.8. The van der Waals surface area contributed by atoms with Gasteiger partial charge < -0.3 is 4.57 Å². The topological polar surface area (TPSA) is 30.7 Å². The summed E-state index contributed by atoms with van der Waals surface area (Å²) in [5.74, 6) is 0.784. The maximum absolute atomic E-state index is 5.44. The molecular weight excluding hydrogens is 575 g/mol. The van der Waals surface area contributed by atoms with Crippen LogP contribution < -0.4 is 10.5 Å². The normalized spacial score (nSPS) is 13.9. The minimum Gasteiger partial charge on any atom is -0.309 e. The second-order valence-corrected chi connectivity index (χ2v) is 16.8. The minimum absolute atomic E-state index is 0.784. The van der Waals surface area contributed by atoms with Crippen LogP contribution in [0.3, 0.4) is 0 Å². The van der Waals surface area contributed by atoms with Gasteiger partial charge in [-0.2, -0.15) is 0 Å². The van der Waals surface area contributed by atoms with Crippen molar-refractivity contribution in [3.8, 4) is 39.5 Å². The molecule has 0 unspecified atom stereocenters. The van der Waals surface area contributed by atoms with Gasteiger partial charge in [0.25, 0.3) is 0 Å². The van der Waals surface area contributed by atoms with E-state index in [1.807, 2.05) is 0 Å². The fraction of sp³-hybridized carbons (Fsp3) is 0.0952. The van der Waals surface area contributed by atoms with Crippen LogP contribution in [-0.4, -0.2) is 22.6 Å². The van der Waals surface area contributed by atoms with Gasteiger partial charge in [-0.1, -0.05) is 116 Å². The van der Waals surface area contributed by atoms with Crippen molar-refractivity contribution in [3.63, 3.8) is 0 Å². The third-order valence-electron chi connectivity index (χ3n) is 9.44. The van der Waals surface area contributed by atoms with Crippen molar-refractivity contribution in [2.24, 2.45) is 0 Å². The van der Waals surface area contributed by atoms with Crippen LogP contribution in [-0.2, 0) is 0 Å². The van der Waals surface area contributed by atoms with Gasteiger partial charge in [0.1, 0.15) is 8.07 Å². The molecule has 46 heavy (non-hydrogen) atoms. The molecule has 222 valence electrons. The Hall–Kier alpha value is -5.32. The van der Waals surface area contributed by atoms with Crippen molar-refractivity contribution < 1.29 is 0 Å². The van der Waals surface area contributed by atoms with Crippen LogP contribution in [0.2, 0.25) is 13.1 Å². The highest BCUT2D eigenvalue weighted by molar-refractivity contribution is 7.03. The first-order valence-corrected chi connectivity index (χ1v) is 19.0. The fourth-order valence-electron chi connectivity index (χ4n) is 7.23. The van der Waals surface area contributed by atoms with E-state index < -0.39 is 8.07 Å². The number of fused-ring (bicyclic) bond motifs is 6. The Kier molecular flexibility index (Phi) is 6.70. The second kappa shape index (κ2) is 10.9. The van der Waals surface area contributed by atoms with E-state index in [1.54, 1.807) is 0 Å². The zero-order valence-corrected chi connectivity index (χ0v) is 27.6. The Bertz CT molecular complexity index is 2360. The van der Waals surface area contributed by atoms with E-state index >= 15 is 0 Å². The average molecular weight is 610 g/mol. The Morgan fingerprint density at radius 2 is 1.43 bits per heavy atom. The highest BCUT2D eigenvalue weighted by Gasteiger charge is 2.41. The molecule has 0 aliphatic carbocycles. The van der Waals surface area contributed by atoms with E-state index in [0.29, 0.717) is 0 Å². The first-order valence-electron chi connectivity index (χ1n) is 16.0. The molecule has 5 aromatic carbocycles. The van der Waals surface area contributed by atoms with Crippen molar-refractivity contribution >= 4 is 46.0 Å². The van der Waals surface area contributed by atoms with E-state index in [0.717, 1.165) is 28.3 Å². The van der Waals surface area contributed by atoms with E-state index in [4.69, 9.17) is 9.97 Å². The number of hydrogen-bond acceptors (Lipinski definition) is 2. The smallest absolute Gasteiger partial charge is 0.159 e. The fourth-order valence-corrected chi connectivity index (χ4v) is 10.1. The zero-order valence-electron chi connectivity index (χ0n) is 26.6. The Morgan fingerprint density at radius 1 is 0.674 bits per heavy atom. The molecule has 0 fully saturated rings. The monoisotopic (exact) mass is 609 g/mol. The van der Waals surface area contributed by atoms with E-state index in [9.17, 15) is 0 Å². The maximum Gasteiger partial charge on any atom is 0.159 e. The summed E-state index contributed by atoms with van der Waals surface area (Å²) in [5.41, 5.74) is 11.5. The van der Waals surface area contributed by atoms with Crippen molar-refractivity contribution in [1.82, 2.24) is 14.5 Å². The summed E-state index contributed by atoms with van der Waals surface area (Å²) in [4.78, 5) is 10.9. The number of allylic oxidation sites excluding steroid dienone is 4. The average Bonchev–Trinajstić information content (AvgIpc) is 3.55. The molecule has 3 nitrogen and oxygen atoms in total. The summed E-state index contributed by atoms with van der Waals surface area (Å²) < 4.78 is 2.37. The van der Waals surface area contributed by atoms with Gasteiger partial charge in [-0.3, -0.25) is 0 Å². The van der Waals surface area contributed by atoms with Crippen molar-refractivity contribution in [1.29, 1.82) is 0 Å². The van der Waals surface area contributed by atoms with Crippen LogP contribution in [0.5, 0.6) is 0 Å². The molecule has 0 atom stereocenters. The quantitative estimate of drug-likeness (QED) is 0.144. The molecule has 1 aliphatic rings. The van der Waals surface area contributed by atoms with Gasteiger partial charge in [-0.25, -0.2) is 9.97 Å². The summed E-state index contributed by atoms with van der Waals surface area (Å²) in [7, 11) is -2.08. The lowest BCUT2D eigenvalue weighted by Crippen LogP contribution is -2.50. The van der Waals surface area contributed by atoms with Gasteiger partial charge in [0.15, 0.2) is 5.82 Å². The Morgan fingerprint density at radius 3 is 2.26 bits per heavy atom. The number of hydrogen-bond donors (Lipinski definition) is 0. The molecule has 7 aromatic rings. The molecule has 4 heteroatoms. The minimum atomic E-state index is -2.08. The molecule has 0 saturated carbocycles. The number of para-hydroxylation sites is 2. The second-order valence-electron chi connectivity index (χ2n) is 12.5. The summed E-state index contributed by atoms with van der Waals surface area (Å²) in [6, 6.07) is 43.7. The van der Waals surface area contributed by atoms with Gasteiger partial charge >= 0.3 is 0 Å². The lowest BCUT2D eigenvalue weighted by Gasteiger charge is -2.19. The van der Waals surface area contributed by atoms with Gasteiger partial charge in [0.05, 0.1) is 16.7 Å². The van der Waals surface area contributed by atoms with Crippen molar-refractivity contribution in [2.45, 2.75) is 26.9 Å². The molecule has 1 aliphatic heterocycles. The van der Waals surface area contributed by atoms with Gasteiger partial charge in [0.2, 0.25) is 0 Å². The number of rotatable bonds is 5. The Labute approximate surface area is 271 Å². The lowest BCUT2D eigenvalue weighted by molar-refractivity contribution is 1.18. The van der Waals surface area contributed by atoms with Gasteiger partial charge in [0, 0.05) is 38.5 Å². The van der Waals surface area contributed by atoms with E-state index in [2.05, 4.69) is 171 Å². The highest BCUT2D eigenvalue weighted by atomic mass is 28.3. The molecule has 0 bridgehead atoms. The predicted molar refractivity (Wildman–Crippen MR) is 198 cm³/mol. The van der Waals surface area contributed by atoms with Crippen LogP contribution in [0.25, 0.3) is 66.8 Å². The Balaban J connectivity index is 1.40. The van der Waals surface area contributed by atoms with Crippen molar-refractivity contribution in [3.05, 3.63) is 145 Å². The molecule has 0 saturated heterocycles. The van der Waals surface area contributed by atoms with Crippen molar-refractivity contribution in [2.75, 3.05) is 0 Å². The molecule has 0 radical (unpaired) electrons. The molecule has 0 amide bonds. The van der Waals surface area contributed by atoms with Crippen LogP contribution in [0.1, 0.15) is 19.4 Å². The van der Waals surface area contributed by atoms with Crippen LogP contribution >= 0.6 is 0 Å². The van der Waals surface area contributed by atoms with E-state index in [1.165, 1.54) is 54.6 Å². The maximum atomic E-state index is 5.44. The van der Waals surface area contributed by atoms with Gasteiger partial charge in [-0.05, 0) is 72.1 Å². The molecular formula is C42H35N3Si. The zero-order chi connectivity index (χ0) is 31.4. The largest absolute Gasteiger partial charge is 0.309 e. The molecule has 2 aromatic heterocycles. The van der Waals surface area contributed by atoms with Crippen LogP contribution in [0.4, 0.5) is 0 Å². The van der Waals surface area contributed by atoms with Crippen LogP contribution in [0, 0.1) is 0 Å². The lowest BCUT2D eigenvalue weighted by atomic mass is 9.98. The standard InChI is InChI=1S/C42H35N3Si/c1-5-15-28(6-2)29-16-14-17-31(26-29)41-43-40(39-34-21-11-13-23-38(34)46(3,4)42(39)44-41)30-24-25-37-35(27-30)33-20-10-12-22-36(33)45(37)32-18-8-7-9-19-32/h5-27H,1-4H3.